The molecule has 1 fully saturated rings. The summed E-state index contributed by atoms with van der Waals surface area (Å²) in [5, 5.41) is 3.36. The van der Waals surface area contributed by atoms with E-state index < -0.39 is 0 Å². The maximum atomic E-state index is 6.26. The van der Waals surface area contributed by atoms with Gasteiger partial charge in [-0.2, -0.15) is 0 Å². The van der Waals surface area contributed by atoms with Gasteiger partial charge in [0, 0.05) is 17.3 Å². The predicted molar refractivity (Wildman–Crippen MR) is 59.8 cm³/mol. The van der Waals surface area contributed by atoms with Gasteiger partial charge in [0.25, 0.3) is 0 Å². The second-order valence-corrected chi connectivity index (χ2v) is 5.54. The minimum absolute atomic E-state index is 0.0724. The van der Waals surface area contributed by atoms with Gasteiger partial charge in [-0.25, -0.2) is 0 Å². The monoisotopic (exact) mass is 223 g/mol. The SMILES string of the molecule is CC1(Cl)CCC(CNCCCl)CC1. The lowest BCUT2D eigenvalue weighted by Crippen LogP contribution is -2.31. The van der Waals surface area contributed by atoms with Crippen molar-refractivity contribution in [3.8, 4) is 0 Å². The zero-order valence-corrected chi connectivity index (χ0v) is 9.79. The molecule has 0 aromatic heterocycles. The highest BCUT2D eigenvalue weighted by atomic mass is 35.5. The van der Waals surface area contributed by atoms with Crippen molar-refractivity contribution in [1.29, 1.82) is 0 Å². The smallest absolute Gasteiger partial charge is 0.0419 e. The van der Waals surface area contributed by atoms with Gasteiger partial charge in [0.15, 0.2) is 0 Å². The van der Waals surface area contributed by atoms with Crippen molar-refractivity contribution in [1.82, 2.24) is 5.32 Å². The summed E-state index contributed by atoms with van der Waals surface area (Å²) in [6.07, 6.45) is 4.83. The highest BCUT2D eigenvalue weighted by Crippen LogP contribution is 2.36. The van der Waals surface area contributed by atoms with Crippen molar-refractivity contribution in [3.05, 3.63) is 0 Å². The summed E-state index contributed by atoms with van der Waals surface area (Å²) >= 11 is 11.8. The van der Waals surface area contributed by atoms with Gasteiger partial charge < -0.3 is 5.32 Å². The van der Waals surface area contributed by atoms with Crippen molar-refractivity contribution >= 4 is 23.2 Å². The first-order chi connectivity index (χ1) is 6.14. The van der Waals surface area contributed by atoms with Crippen molar-refractivity contribution < 1.29 is 0 Å². The van der Waals surface area contributed by atoms with E-state index in [1.165, 1.54) is 12.8 Å². The molecule has 1 aliphatic carbocycles. The lowest BCUT2D eigenvalue weighted by molar-refractivity contribution is 0.301. The summed E-state index contributed by atoms with van der Waals surface area (Å²) in [6, 6.07) is 0. The molecule has 1 N–H and O–H groups in total. The molecule has 1 rings (SSSR count). The first-order valence-electron chi connectivity index (χ1n) is 5.10. The Morgan fingerprint density at radius 3 is 2.54 bits per heavy atom. The van der Waals surface area contributed by atoms with Gasteiger partial charge in [-0.3, -0.25) is 0 Å². The van der Waals surface area contributed by atoms with Crippen molar-refractivity contribution in [2.45, 2.75) is 37.5 Å². The molecule has 13 heavy (non-hydrogen) atoms. The van der Waals surface area contributed by atoms with Gasteiger partial charge in [-0.1, -0.05) is 0 Å². The van der Waals surface area contributed by atoms with Crippen LogP contribution in [0.3, 0.4) is 0 Å². The van der Waals surface area contributed by atoms with Crippen LogP contribution in [0.15, 0.2) is 0 Å². The van der Waals surface area contributed by atoms with Crippen LogP contribution in [0, 0.1) is 5.92 Å². The molecule has 0 aromatic rings. The predicted octanol–water partition coefficient (Wildman–Crippen LogP) is 3.00. The van der Waals surface area contributed by atoms with Gasteiger partial charge in [-0.15, -0.1) is 23.2 Å². The number of nitrogens with one attached hydrogen (secondary N) is 1. The molecule has 0 spiro atoms. The Morgan fingerprint density at radius 1 is 1.38 bits per heavy atom. The summed E-state index contributed by atoms with van der Waals surface area (Å²) in [6.45, 7) is 4.19. The molecule has 0 saturated heterocycles. The van der Waals surface area contributed by atoms with E-state index in [1.54, 1.807) is 0 Å². The largest absolute Gasteiger partial charge is 0.315 e. The fourth-order valence-electron chi connectivity index (χ4n) is 1.86. The second kappa shape index (κ2) is 5.43. The van der Waals surface area contributed by atoms with E-state index in [4.69, 9.17) is 23.2 Å². The molecule has 1 saturated carbocycles. The number of hydrogen-bond acceptors (Lipinski definition) is 1. The quantitative estimate of drug-likeness (QED) is 0.571. The van der Waals surface area contributed by atoms with Crippen molar-refractivity contribution in [3.63, 3.8) is 0 Å². The molecule has 0 radical (unpaired) electrons. The average Bonchev–Trinajstić information content (AvgIpc) is 2.08. The molecule has 78 valence electrons. The first-order valence-corrected chi connectivity index (χ1v) is 6.01. The van der Waals surface area contributed by atoms with Gasteiger partial charge in [0.1, 0.15) is 0 Å². The van der Waals surface area contributed by atoms with Gasteiger partial charge >= 0.3 is 0 Å². The Bertz CT molecular complexity index is 138. The van der Waals surface area contributed by atoms with E-state index in [9.17, 15) is 0 Å². The number of rotatable bonds is 4. The van der Waals surface area contributed by atoms with E-state index >= 15 is 0 Å². The fraction of sp³-hybridized carbons (Fsp3) is 1.00. The Labute approximate surface area is 91.2 Å². The molecule has 0 heterocycles. The number of halogens is 2. The average molecular weight is 224 g/mol. The Balaban J connectivity index is 2.11. The molecule has 0 atom stereocenters. The Hall–Kier alpha value is 0.540. The molecule has 0 aliphatic heterocycles. The van der Waals surface area contributed by atoms with Crippen LogP contribution in [0.5, 0.6) is 0 Å². The van der Waals surface area contributed by atoms with E-state index in [0.717, 1.165) is 31.8 Å². The van der Waals surface area contributed by atoms with Crippen LogP contribution in [0.4, 0.5) is 0 Å². The van der Waals surface area contributed by atoms with Crippen LogP contribution >= 0.6 is 23.2 Å². The van der Waals surface area contributed by atoms with E-state index in [1.807, 2.05) is 0 Å². The van der Waals surface area contributed by atoms with Gasteiger partial charge in [-0.05, 0) is 45.1 Å². The van der Waals surface area contributed by atoms with Crippen LogP contribution in [0.2, 0.25) is 0 Å². The molecule has 0 amide bonds. The molecule has 1 aliphatic rings. The molecule has 1 nitrogen and oxygen atoms in total. The third kappa shape index (κ3) is 4.53. The highest BCUT2D eigenvalue weighted by molar-refractivity contribution is 6.23. The summed E-state index contributed by atoms with van der Waals surface area (Å²) in [5.41, 5.74) is 0. The standard InChI is InChI=1S/C10H19Cl2N/c1-10(12)4-2-9(3-5-10)8-13-7-6-11/h9,13H,2-8H2,1H3. The maximum Gasteiger partial charge on any atom is 0.0419 e. The molecular formula is C10H19Cl2N. The summed E-state index contributed by atoms with van der Waals surface area (Å²) in [7, 11) is 0. The van der Waals surface area contributed by atoms with Crippen LogP contribution in [0.1, 0.15) is 32.6 Å². The highest BCUT2D eigenvalue weighted by Gasteiger charge is 2.28. The zero-order valence-electron chi connectivity index (χ0n) is 8.28. The van der Waals surface area contributed by atoms with Gasteiger partial charge in [0.05, 0.1) is 0 Å². The lowest BCUT2D eigenvalue weighted by Gasteiger charge is -2.32. The van der Waals surface area contributed by atoms with Crippen LogP contribution in [0.25, 0.3) is 0 Å². The third-order valence-corrected chi connectivity index (χ3v) is 3.42. The molecule has 0 unspecified atom stereocenters. The Morgan fingerprint density at radius 2 is 2.00 bits per heavy atom. The normalized spacial score (nSPS) is 34.8. The first kappa shape index (κ1) is 11.6. The third-order valence-electron chi connectivity index (χ3n) is 2.85. The van der Waals surface area contributed by atoms with Gasteiger partial charge in [0.2, 0.25) is 0 Å². The summed E-state index contributed by atoms with van der Waals surface area (Å²) in [4.78, 5) is 0.0724. The van der Waals surface area contributed by atoms with E-state index in [2.05, 4.69) is 12.2 Å². The van der Waals surface area contributed by atoms with E-state index in [0.29, 0.717) is 5.88 Å². The lowest BCUT2D eigenvalue weighted by atomic mass is 9.82. The molecule has 0 bridgehead atoms. The molecule has 3 heteroatoms. The summed E-state index contributed by atoms with van der Waals surface area (Å²) < 4.78 is 0. The second-order valence-electron chi connectivity index (χ2n) is 4.25. The maximum absolute atomic E-state index is 6.26. The van der Waals surface area contributed by atoms with Crippen molar-refractivity contribution in [2.75, 3.05) is 19.0 Å². The minimum Gasteiger partial charge on any atom is -0.315 e. The van der Waals surface area contributed by atoms with Crippen molar-refractivity contribution in [2.24, 2.45) is 5.92 Å². The fourth-order valence-corrected chi connectivity index (χ4v) is 2.21. The van der Waals surface area contributed by atoms with Crippen LogP contribution < -0.4 is 5.32 Å². The Kier molecular flexibility index (Phi) is 4.85. The number of hydrogen-bond donors (Lipinski definition) is 1. The topological polar surface area (TPSA) is 12.0 Å². The summed E-state index contributed by atoms with van der Waals surface area (Å²) in [5.74, 6) is 1.52. The van der Waals surface area contributed by atoms with Crippen LogP contribution in [-0.4, -0.2) is 23.8 Å². The number of alkyl halides is 2. The minimum atomic E-state index is 0.0724. The zero-order chi connectivity index (χ0) is 9.73. The molecular weight excluding hydrogens is 205 g/mol. The molecule has 0 aromatic carbocycles. The van der Waals surface area contributed by atoms with Crippen LogP contribution in [-0.2, 0) is 0 Å². The van der Waals surface area contributed by atoms with E-state index in [-0.39, 0.29) is 4.87 Å².